The third-order valence-electron chi connectivity index (χ3n) is 2.17. The summed E-state index contributed by atoms with van der Waals surface area (Å²) in [4.78, 5) is 24.3. The van der Waals surface area contributed by atoms with Crippen molar-refractivity contribution in [2.24, 2.45) is 0 Å². The van der Waals surface area contributed by atoms with Crippen LogP contribution in [-0.2, 0) is 6.18 Å². The van der Waals surface area contributed by atoms with E-state index in [2.05, 4.69) is 5.32 Å². The van der Waals surface area contributed by atoms with Crippen LogP contribution in [0.1, 0.15) is 16.1 Å². The molecule has 1 aromatic heterocycles. The molecular weight excluding hydrogens is 269 g/mol. The van der Waals surface area contributed by atoms with E-state index in [1.54, 1.807) is 4.98 Å². The Morgan fingerprint density at radius 3 is 2.53 bits per heavy atom. The fourth-order valence-corrected chi connectivity index (χ4v) is 1.19. The highest BCUT2D eigenvalue weighted by Gasteiger charge is 2.32. The number of hydrogen-bond donors (Lipinski definition) is 4. The van der Waals surface area contributed by atoms with Gasteiger partial charge in [-0.25, -0.2) is 0 Å². The van der Waals surface area contributed by atoms with Gasteiger partial charge in [-0.05, 0) is 12.1 Å². The predicted octanol–water partition coefficient (Wildman–Crippen LogP) is -0.523. The van der Waals surface area contributed by atoms with E-state index in [-0.39, 0.29) is 6.54 Å². The molecule has 1 atom stereocenters. The average Bonchev–Trinajstić information content (AvgIpc) is 2.34. The van der Waals surface area contributed by atoms with Gasteiger partial charge in [0.25, 0.3) is 11.5 Å². The number of aromatic amines is 1. The van der Waals surface area contributed by atoms with Crippen LogP contribution in [0.3, 0.4) is 0 Å². The molecule has 0 aliphatic carbocycles. The number of aromatic nitrogens is 1. The molecule has 1 rings (SSSR count). The fraction of sp³-hybridized carbons (Fsp3) is 0.400. The van der Waals surface area contributed by atoms with Crippen LogP contribution >= 0.6 is 0 Å². The van der Waals surface area contributed by atoms with Crippen molar-refractivity contribution in [2.45, 2.75) is 12.3 Å². The summed E-state index contributed by atoms with van der Waals surface area (Å²) in [6.45, 7) is -0.917. The summed E-state index contributed by atoms with van der Waals surface area (Å²) < 4.78 is 36.8. The van der Waals surface area contributed by atoms with Crippen LogP contribution in [0.4, 0.5) is 13.2 Å². The third-order valence-corrected chi connectivity index (χ3v) is 2.17. The van der Waals surface area contributed by atoms with Crippen molar-refractivity contribution in [1.29, 1.82) is 0 Å². The summed E-state index contributed by atoms with van der Waals surface area (Å²) >= 11 is 0. The molecule has 0 aliphatic rings. The zero-order valence-corrected chi connectivity index (χ0v) is 9.49. The van der Waals surface area contributed by atoms with Crippen LogP contribution in [0.5, 0.6) is 0 Å². The number of carbonyl (C=O) groups is 1. The van der Waals surface area contributed by atoms with E-state index in [0.29, 0.717) is 6.07 Å². The fourth-order valence-electron chi connectivity index (χ4n) is 1.19. The van der Waals surface area contributed by atoms with Gasteiger partial charge in [-0.3, -0.25) is 9.59 Å². The molecule has 0 fully saturated rings. The first kappa shape index (κ1) is 15.2. The van der Waals surface area contributed by atoms with Crippen molar-refractivity contribution in [3.05, 3.63) is 33.7 Å². The summed E-state index contributed by atoms with van der Waals surface area (Å²) in [5.41, 5.74) is -2.96. The number of aliphatic hydroxyl groups is 2. The van der Waals surface area contributed by atoms with Crippen LogP contribution < -0.4 is 10.9 Å². The van der Waals surface area contributed by atoms with Crippen molar-refractivity contribution in [3.63, 3.8) is 0 Å². The monoisotopic (exact) mass is 280 g/mol. The molecule has 0 saturated carbocycles. The molecule has 19 heavy (non-hydrogen) atoms. The minimum Gasteiger partial charge on any atom is -0.394 e. The Morgan fingerprint density at radius 1 is 1.42 bits per heavy atom. The molecule has 1 unspecified atom stereocenters. The highest BCUT2D eigenvalue weighted by molar-refractivity contribution is 5.93. The molecule has 1 amide bonds. The molecule has 1 aromatic rings. The molecule has 6 nitrogen and oxygen atoms in total. The van der Waals surface area contributed by atoms with Crippen LogP contribution in [-0.4, -0.2) is 40.4 Å². The lowest BCUT2D eigenvalue weighted by atomic mass is 10.2. The second-order valence-corrected chi connectivity index (χ2v) is 3.66. The van der Waals surface area contributed by atoms with Gasteiger partial charge in [0, 0.05) is 6.54 Å². The summed E-state index contributed by atoms with van der Waals surface area (Å²) in [7, 11) is 0. The lowest BCUT2D eigenvalue weighted by molar-refractivity contribution is -0.141. The van der Waals surface area contributed by atoms with Gasteiger partial charge in [-0.2, -0.15) is 13.2 Å². The van der Waals surface area contributed by atoms with E-state index < -0.39 is 41.6 Å². The number of aliphatic hydroxyl groups excluding tert-OH is 2. The zero-order valence-electron chi connectivity index (χ0n) is 9.49. The lowest BCUT2D eigenvalue weighted by Crippen LogP contribution is -2.36. The van der Waals surface area contributed by atoms with Gasteiger partial charge >= 0.3 is 6.18 Å². The number of hydrogen-bond acceptors (Lipinski definition) is 4. The topological polar surface area (TPSA) is 102 Å². The van der Waals surface area contributed by atoms with E-state index in [1.807, 2.05) is 0 Å². The summed E-state index contributed by atoms with van der Waals surface area (Å²) in [6.07, 6.45) is -5.92. The SMILES string of the molecule is O=C(NCC(O)CO)c1ccc(C(F)(F)F)[nH]c1=O. The minimum atomic E-state index is -4.71. The Kier molecular flexibility index (Phi) is 4.67. The Labute approximate surface area is 104 Å². The van der Waals surface area contributed by atoms with Crippen molar-refractivity contribution >= 4 is 5.91 Å². The van der Waals surface area contributed by atoms with Gasteiger partial charge in [-0.15, -0.1) is 0 Å². The Morgan fingerprint density at radius 2 is 2.05 bits per heavy atom. The summed E-state index contributed by atoms with van der Waals surface area (Å²) in [6, 6.07) is 1.31. The Bertz CT molecular complexity index is 512. The number of pyridine rings is 1. The molecule has 0 saturated heterocycles. The number of carbonyl (C=O) groups excluding carboxylic acids is 1. The molecule has 106 valence electrons. The second kappa shape index (κ2) is 5.85. The molecule has 0 radical (unpaired) electrons. The third kappa shape index (κ3) is 4.07. The number of rotatable bonds is 4. The average molecular weight is 280 g/mol. The quantitative estimate of drug-likeness (QED) is 0.595. The van der Waals surface area contributed by atoms with E-state index in [1.165, 1.54) is 0 Å². The smallest absolute Gasteiger partial charge is 0.394 e. The molecule has 4 N–H and O–H groups in total. The number of amides is 1. The number of alkyl halides is 3. The highest BCUT2D eigenvalue weighted by atomic mass is 19.4. The number of halogens is 3. The van der Waals surface area contributed by atoms with Gasteiger partial charge in [-0.1, -0.05) is 0 Å². The number of H-pyrrole nitrogens is 1. The first-order chi connectivity index (χ1) is 8.75. The normalized spacial score (nSPS) is 13.1. The van der Waals surface area contributed by atoms with E-state index >= 15 is 0 Å². The molecule has 0 spiro atoms. The predicted molar refractivity (Wildman–Crippen MR) is 57.5 cm³/mol. The first-order valence-electron chi connectivity index (χ1n) is 5.13. The highest BCUT2D eigenvalue weighted by Crippen LogP contribution is 2.26. The van der Waals surface area contributed by atoms with E-state index in [9.17, 15) is 22.8 Å². The van der Waals surface area contributed by atoms with E-state index in [4.69, 9.17) is 10.2 Å². The van der Waals surface area contributed by atoms with Gasteiger partial charge in [0.1, 0.15) is 11.3 Å². The number of nitrogens with one attached hydrogen (secondary N) is 2. The maximum Gasteiger partial charge on any atom is 0.431 e. The molecule has 0 aliphatic heterocycles. The summed E-state index contributed by atoms with van der Waals surface area (Å²) in [5, 5.41) is 19.6. The maximum atomic E-state index is 12.3. The van der Waals surface area contributed by atoms with Crippen LogP contribution in [0.2, 0.25) is 0 Å². The summed E-state index contributed by atoms with van der Waals surface area (Å²) in [5.74, 6) is -0.942. The second-order valence-electron chi connectivity index (χ2n) is 3.66. The molecule has 0 bridgehead atoms. The van der Waals surface area contributed by atoms with Crippen molar-refractivity contribution in [1.82, 2.24) is 10.3 Å². The van der Waals surface area contributed by atoms with Gasteiger partial charge in [0.2, 0.25) is 0 Å². The minimum absolute atomic E-state index is 0.324. The van der Waals surface area contributed by atoms with Crippen LogP contribution in [0.25, 0.3) is 0 Å². The largest absolute Gasteiger partial charge is 0.431 e. The van der Waals surface area contributed by atoms with E-state index in [0.717, 1.165) is 6.07 Å². The van der Waals surface area contributed by atoms with Crippen LogP contribution in [0.15, 0.2) is 16.9 Å². The molecule has 9 heteroatoms. The standard InChI is InChI=1S/C10H11F3N2O4/c11-10(12,13)7-2-1-6(9(19)15-7)8(18)14-3-5(17)4-16/h1-2,5,16-17H,3-4H2,(H,14,18)(H,15,19). The zero-order chi connectivity index (χ0) is 14.6. The van der Waals surface area contributed by atoms with Crippen molar-refractivity contribution in [3.8, 4) is 0 Å². The molecular formula is C10H11F3N2O4. The van der Waals surface area contributed by atoms with Gasteiger partial charge in [0.05, 0.1) is 12.7 Å². The van der Waals surface area contributed by atoms with Gasteiger partial charge < -0.3 is 20.5 Å². The van der Waals surface area contributed by atoms with Crippen molar-refractivity contribution < 1.29 is 28.2 Å². The van der Waals surface area contributed by atoms with Crippen molar-refractivity contribution in [2.75, 3.05) is 13.2 Å². The van der Waals surface area contributed by atoms with Gasteiger partial charge in [0.15, 0.2) is 0 Å². The van der Waals surface area contributed by atoms with Crippen LogP contribution in [0, 0.1) is 0 Å². The Balaban J connectivity index is 2.86. The first-order valence-corrected chi connectivity index (χ1v) is 5.13. The maximum absolute atomic E-state index is 12.3. The molecule has 1 heterocycles. The Hall–Kier alpha value is -1.87. The lowest BCUT2D eigenvalue weighted by Gasteiger charge is -2.09. The molecule has 0 aromatic carbocycles.